The Labute approximate surface area is 134 Å². The Hall–Kier alpha value is -1.87. The summed E-state index contributed by atoms with van der Waals surface area (Å²) in [5.74, 6) is -0.983. The normalized spacial score (nSPS) is 11.3. The molecule has 0 saturated heterocycles. The van der Waals surface area contributed by atoms with Crippen molar-refractivity contribution in [2.24, 2.45) is 0 Å². The van der Waals surface area contributed by atoms with E-state index in [1.165, 1.54) is 12.1 Å². The molecule has 2 nitrogen and oxygen atoms in total. The van der Waals surface area contributed by atoms with Crippen molar-refractivity contribution in [1.82, 2.24) is 0 Å². The van der Waals surface area contributed by atoms with Gasteiger partial charge in [-0.2, -0.15) is 0 Å². The Morgan fingerprint density at radius 1 is 1.14 bits per heavy atom. The van der Waals surface area contributed by atoms with Crippen molar-refractivity contribution in [3.05, 3.63) is 70.0 Å². The molecule has 2 rings (SSSR count). The Bertz CT molecular complexity index is 652. The zero-order chi connectivity index (χ0) is 16.3. The second kappa shape index (κ2) is 6.49. The van der Waals surface area contributed by atoms with Gasteiger partial charge in [-0.3, -0.25) is 0 Å². The van der Waals surface area contributed by atoms with Crippen LogP contribution in [0.25, 0.3) is 0 Å². The first-order valence-corrected chi connectivity index (χ1v) is 7.37. The van der Waals surface area contributed by atoms with Gasteiger partial charge in [0.05, 0.1) is 10.6 Å². The maximum absolute atomic E-state index is 13.6. The molecule has 0 saturated carbocycles. The zero-order valence-corrected chi connectivity index (χ0v) is 13.6. The Kier molecular flexibility index (Phi) is 4.87. The van der Waals surface area contributed by atoms with Gasteiger partial charge < -0.3 is 4.74 Å². The van der Waals surface area contributed by atoms with Crippen molar-refractivity contribution in [3.63, 3.8) is 0 Å². The number of halogens is 2. The van der Waals surface area contributed by atoms with Crippen LogP contribution in [0.2, 0.25) is 5.02 Å². The third-order valence-electron chi connectivity index (χ3n) is 3.40. The van der Waals surface area contributed by atoms with Crippen LogP contribution < -0.4 is 0 Å². The Balaban J connectivity index is 2.07. The summed E-state index contributed by atoms with van der Waals surface area (Å²) in [7, 11) is 0. The maximum atomic E-state index is 13.6. The second-order valence-electron chi connectivity index (χ2n) is 6.10. The standard InChI is InChI=1S/C18H18ClFO2/c1-18(2,3)13-9-7-12(8-10-13)17(21)22-11-14-15(19)5-4-6-16(14)20/h4-10H,11H2,1-3H3. The van der Waals surface area contributed by atoms with Gasteiger partial charge in [0.15, 0.2) is 0 Å². The molecule has 0 amide bonds. The summed E-state index contributed by atoms with van der Waals surface area (Å²) < 4.78 is 18.7. The minimum atomic E-state index is -0.500. The van der Waals surface area contributed by atoms with Gasteiger partial charge in [-0.1, -0.05) is 50.6 Å². The largest absolute Gasteiger partial charge is 0.457 e. The summed E-state index contributed by atoms with van der Waals surface area (Å²) in [5, 5.41) is 0.246. The summed E-state index contributed by atoms with van der Waals surface area (Å²) in [6, 6.07) is 11.6. The fourth-order valence-corrected chi connectivity index (χ4v) is 2.22. The highest BCUT2D eigenvalue weighted by Gasteiger charge is 2.15. The summed E-state index contributed by atoms with van der Waals surface area (Å²) in [5.41, 5.74) is 1.76. The van der Waals surface area contributed by atoms with Gasteiger partial charge in [-0.05, 0) is 35.2 Å². The molecule has 2 aromatic carbocycles. The predicted molar refractivity (Wildman–Crippen MR) is 85.7 cm³/mol. The van der Waals surface area contributed by atoms with Gasteiger partial charge in [0.25, 0.3) is 0 Å². The molecule has 0 radical (unpaired) electrons. The molecule has 0 spiro atoms. The van der Waals surface area contributed by atoms with E-state index in [9.17, 15) is 9.18 Å². The van der Waals surface area contributed by atoms with Crippen molar-refractivity contribution >= 4 is 17.6 Å². The molecule has 0 atom stereocenters. The number of hydrogen-bond donors (Lipinski definition) is 0. The molecule has 0 N–H and O–H groups in total. The van der Waals surface area contributed by atoms with Crippen LogP contribution in [0.4, 0.5) is 4.39 Å². The molecule has 0 aromatic heterocycles. The second-order valence-corrected chi connectivity index (χ2v) is 6.51. The highest BCUT2D eigenvalue weighted by Crippen LogP contribution is 2.23. The van der Waals surface area contributed by atoms with E-state index in [0.717, 1.165) is 5.56 Å². The summed E-state index contributed by atoms with van der Waals surface area (Å²) in [4.78, 5) is 12.0. The quantitative estimate of drug-likeness (QED) is 0.732. The highest BCUT2D eigenvalue weighted by molar-refractivity contribution is 6.31. The monoisotopic (exact) mass is 320 g/mol. The molecule has 2 aromatic rings. The first-order chi connectivity index (χ1) is 10.3. The molecular formula is C18H18ClFO2. The maximum Gasteiger partial charge on any atom is 0.338 e. The zero-order valence-electron chi connectivity index (χ0n) is 12.8. The fourth-order valence-electron chi connectivity index (χ4n) is 2.00. The topological polar surface area (TPSA) is 26.3 Å². The van der Waals surface area contributed by atoms with Crippen LogP contribution in [0.1, 0.15) is 42.3 Å². The van der Waals surface area contributed by atoms with E-state index in [2.05, 4.69) is 20.8 Å². The summed E-state index contributed by atoms with van der Waals surface area (Å²) >= 11 is 5.90. The molecular weight excluding hydrogens is 303 g/mol. The molecule has 4 heteroatoms. The van der Waals surface area contributed by atoms with Crippen molar-refractivity contribution in [1.29, 1.82) is 0 Å². The molecule has 116 valence electrons. The molecule has 0 aliphatic rings. The van der Waals surface area contributed by atoms with Crippen molar-refractivity contribution in [3.8, 4) is 0 Å². The predicted octanol–water partition coefficient (Wildman–Crippen LogP) is 5.13. The minimum absolute atomic E-state index is 0.0170. The molecule has 22 heavy (non-hydrogen) atoms. The molecule has 0 bridgehead atoms. The van der Waals surface area contributed by atoms with E-state index >= 15 is 0 Å². The number of ether oxygens (including phenoxy) is 1. The SMILES string of the molecule is CC(C)(C)c1ccc(C(=O)OCc2c(F)cccc2Cl)cc1. The smallest absolute Gasteiger partial charge is 0.338 e. The number of carbonyl (C=O) groups excluding carboxylic acids is 1. The Morgan fingerprint density at radius 2 is 1.77 bits per heavy atom. The van der Waals surface area contributed by atoms with E-state index < -0.39 is 11.8 Å². The van der Waals surface area contributed by atoms with Gasteiger partial charge in [-0.25, -0.2) is 9.18 Å². The molecule has 0 aliphatic carbocycles. The van der Waals surface area contributed by atoms with E-state index in [1.54, 1.807) is 18.2 Å². The van der Waals surface area contributed by atoms with Crippen LogP contribution in [-0.4, -0.2) is 5.97 Å². The summed E-state index contributed by atoms with van der Waals surface area (Å²) in [6.07, 6.45) is 0. The average molecular weight is 321 g/mol. The van der Waals surface area contributed by atoms with E-state index in [1.807, 2.05) is 12.1 Å². The lowest BCUT2D eigenvalue weighted by molar-refractivity contribution is 0.0469. The molecule has 0 fully saturated rings. The lowest BCUT2D eigenvalue weighted by Crippen LogP contribution is -2.12. The van der Waals surface area contributed by atoms with Crippen LogP contribution >= 0.6 is 11.6 Å². The first kappa shape index (κ1) is 16.5. The van der Waals surface area contributed by atoms with Gasteiger partial charge in [-0.15, -0.1) is 0 Å². The third kappa shape index (κ3) is 3.86. The summed E-state index contributed by atoms with van der Waals surface area (Å²) in [6.45, 7) is 6.10. The van der Waals surface area contributed by atoms with Crippen molar-refractivity contribution < 1.29 is 13.9 Å². The lowest BCUT2D eigenvalue weighted by atomic mass is 9.87. The van der Waals surface area contributed by atoms with Gasteiger partial charge in [0.2, 0.25) is 0 Å². The van der Waals surface area contributed by atoms with Crippen LogP contribution in [-0.2, 0) is 16.8 Å². The number of hydrogen-bond acceptors (Lipinski definition) is 2. The van der Waals surface area contributed by atoms with Gasteiger partial charge >= 0.3 is 5.97 Å². The molecule has 0 heterocycles. The molecule has 0 aliphatic heterocycles. The fraction of sp³-hybridized carbons (Fsp3) is 0.278. The number of rotatable bonds is 3. The van der Waals surface area contributed by atoms with Gasteiger partial charge in [0, 0.05) is 5.56 Å². The number of esters is 1. The highest BCUT2D eigenvalue weighted by atomic mass is 35.5. The lowest BCUT2D eigenvalue weighted by Gasteiger charge is -2.19. The van der Waals surface area contributed by atoms with Crippen LogP contribution in [0.3, 0.4) is 0 Å². The molecule has 0 unspecified atom stereocenters. The number of carbonyl (C=O) groups is 1. The van der Waals surface area contributed by atoms with Crippen molar-refractivity contribution in [2.45, 2.75) is 32.8 Å². The number of benzene rings is 2. The van der Waals surface area contributed by atoms with E-state index in [4.69, 9.17) is 16.3 Å². The third-order valence-corrected chi connectivity index (χ3v) is 3.75. The van der Waals surface area contributed by atoms with E-state index in [-0.39, 0.29) is 22.6 Å². The van der Waals surface area contributed by atoms with E-state index in [0.29, 0.717) is 5.56 Å². The first-order valence-electron chi connectivity index (χ1n) is 6.99. The van der Waals surface area contributed by atoms with Gasteiger partial charge in [0.1, 0.15) is 12.4 Å². The average Bonchev–Trinajstić information content (AvgIpc) is 2.46. The van der Waals surface area contributed by atoms with Crippen molar-refractivity contribution in [2.75, 3.05) is 0 Å². The van der Waals surface area contributed by atoms with Crippen LogP contribution in [0.5, 0.6) is 0 Å². The minimum Gasteiger partial charge on any atom is -0.457 e. The van der Waals surface area contributed by atoms with Crippen LogP contribution in [0.15, 0.2) is 42.5 Å². The Morgan fingerprint density at radius 3 is 2.32 bits per heavy atom. The van der Waals surface area contributed by atoms with Crippen LogP contribution in [0, 0.1) is 5.82 Å².